The maximum Gasteiger partial charge on any atom is 0.395 e. The number of nitrogens with one attached hydrogen (secondary N) is 1. The Morgan fingerprint density at radius 1 is 1.47 bits per heavy atom. The number of nitrogens with zero attached hydrogens (tertiary/aromatic N) is 1. The first kappa shape index (κ1) is 12.4. The molecule has 1 heterocycles. The molecular weight excluding hydrogens is 225 g/mol. The van der Waals surface area contributed by atoms with Crippen molar-refractivity contribution in [1.29, 1.82) is 0 Å². The van der Waals surface area contributed by atoms with E-state index in [0.29, 0.717) is 12.2 Å². The highest BCUT2D eigenvalue weighted by atomic mass is 32.1. The topological polar surface area (TPSA) is 24.9 Å². The fourth-order valence-corrected chi connectivity index (χ4v) is 1.90. The van der Waals surface area contributed by atoms with Crippen LogP contribution in [-0.4, -0.2) is 17.7 Å². The van der Waals surface area contributed by atoms with Gasteiger partial charge in [0.2, 0.25) is 0 Å². The minimum Gasteiger partial charge on any atom is -0.311 e. The summed E-state index contributed by atoms with van der Waals surface area (Å²) in [5, 5.41) is 4.90. The number of rotatable bonds is 5. The summed E-state index contributed by atoms with van der Waals surface area (Å²) in [5.74, 6) is 0. The van der Waals surface area contributed by atoms with Crippen LogP contribution < -0.4 is 5.32 Å². The number of alkyl halides is 3. The lowest BCUT2D eigenvalue weighted by Crippen LogP contribution is -2.14. The number of aromatic nitrogens is 1. The highest BCUT2D eigenvalue weighted by Crippen LogP contribution is 2.23. The summed E-state index contributed by atoms with van der Waals surface area (Å²) < 4.78 is 36.0. The van der Waals surface area contributed by atoms with Crippen LogP contribution in [0.1, 0.15) is 24.0 Å². The number of thiazole rings is 1. The molecule has 0 amide bonds. The molecule has 0 radical (unpaired) electrons. The van der Waals surface area contributed by atoms with E-state index in [1.165, 1.54) is 0 Å². The van der Waals surface area contributed by atoms with Gasteiger partial charge in [0.25, 0.3) is 0 Å². The predicted octanol–water partition coefficient (Wildman–Crippen LogP) is 2.75. The van der Waals surface area contributed by atoms with E-state index in [0.717, 1.165) is 24.3 Å². The molecule has 0 aromatic carbocycles. The van der Waals surface area contributed by atoms with Crippen molar-refractivity contribution >= 4 is 11.3 Å². The molecule has 0 atom stereocenters. The molecule has 0 saturated heterocycles. The molecule has 15 heavy (non-hydrogen) atoms. The molecule has 2 nitrogen and oxygen atoms in total. The van der Waals surface area contributed by atoms with Crippen LogP contribution in [-0.2, 0) is 13.0 Å². The summed E-state index contributed by atoms with van der Waals surface area (Å²) in [7, 11) is 0. The summed E-state index contributed by atoms with van der Waals surface area (Å²) in [5.41, 5.74) is 0.688. The van der Waals surface area contributed by atoms with Gasteiger partial charge in [-0.2, -0.15) is 13.2 Å². The Morgan fingerprint density at radius 2 is 2.20 bits per heavy atom. The molecule has 0 aliphatic rings. The molecule has 6 heteroatoms. The standard InChI is InChI=1S/C9H13F3N2S/c1-2-3-13-5-7-6-15-8(14-7)4-9(10,11)12/h6,13H,2-5H2,1H3. The van der Waals surface area contributed by atoms with Gasteiger partial charge in [-0.1, -0.05) is 6.92 Å². The van der Waals surface area contributed by atoms with Crippen LogP contribution in [0, 0.1) is 0 Å². The lowest BCUT2D eigenvalue weighted by atomic mass is 10.4. The molecule has 0 saturated carbocycles. The van der Waals surface area contributed by atoms with Crippen LogP contribution in [0.2, 0.25) is 0 Å². The van der Waals surface area contributed by atoms with Crippen LogP contribution >= 0.6 is 11.3 Å². The maximum absolute atomic E-state index is 12.0. The van der Waals surface area contributed by atoms with Gasteiger partial charge in [-0.25, -0.2) is 4.98 Å². The normalized spacial score (nSPS) is 12.0. The fourth-order valence-electron chi connectivity index (χ4n) is 1.08. The zero-order chi connectivity index (χ0) is 11.3. The number of hydrogen-bond donors (Lipinski definition) is 1. The molecule has 1 aromatic rings. The minimum atomic E-state index is -4.16. The Kier molecular flexibility index (Phi) is 4.53. The highest BCUT2D eigenvalue weighted by Gasteiger charge is 2.29. The van der Waals surface area contributed by atoms with Crippen molar-refractivity contribution in [2.45, 2.75) is 32.5 Å². The SMILES string of the molecule is CCCNCc1csc(CC(F)(F)F)n1. The monoisotopic (exact) mass is 238 g/mol. The van der Waals surface area contributed by atoms with Crippen molar-refractivity contribution in [2.24, 2.45) is 0 Å². The second kappa shape index (κ2) is 5.46. The fraction of sp³-hybridized carbons (Fsp3) is 0.667. The van der Waals surface area contributed by atoms with E-state index in [1.807, 2.05) is 6.92 Å². The summed E-state index contributed by atoms with van der Waals surface area (Å²) in [6, 6.07) is 0. The van der Waals surface area contributed by atoms with Crippen molar-refractivity contribution in [2.75, 3.05) is 6.54 Å². The van der Waals surface area contributed by atoms with Crippen molar-refractivity contribution in [3.05, 3.63) is 16.1 Å². The average molecular weight is 238 g/mol. The molecule has 0 spiro atoms. The number of halogens is 3. The van der Waals surface area contributed by atoms with E-state index in [4.69, 9.17) is 0 Å². The van der Waals surface area contributed by atoms with Crippen LogP contribution in [0.4, 0.5) is 13.2 Å². The van der Waals surface area contributed by atoms with Gasteiger partial charge in [-0.3, -0.25) is 0 Å². The lowest BCUT2D eigenvalue weighted by molar-refractivity contribution is -0.127. The molecule has 0 fully saturated rings. The van der Waals surface area contributed by atoms with Crippen LogP contribution in [0.25, 0.3) is 0 Å². The molecule has 86 valence electrons. The Morgan fingerprint density at radius 3 is 2.80 bits per heavy atom. The summed E-state index contributed by atoms with van der Waals surface area (Å²) in [4.78, 5) is 3.90. The first-order chi connectivity index (χ1) is 7.01. The third-order valence-corrected chi connectivity index (χ3v) is 2.58. The summed E-state index contributed by atoms with van der Waals surface area (Å²) in [6.07, 6.45) is -4.09. The third kappa shape index (κ3) is 5.13. The van der Waals surface area contributed by atoms with Crippen LogP contribution in [0.15, 0.2) is 5.38 Å². The zero-order valence-electron chi connectivity index (χ0n) is 8.40. The van der Waals surface area contributed by atoms with E-state index >= 15 is 0 Å². The lowest BCUT2D eigenvalue weighted by Gasteiger charge is -2.02. The van der Waals surface area contributed by atoms with E-state index in [-0.39, 0.29) is 5.01 Å². The quantitative estimate of drug-likeness (QED) is 0.798. The largest absolute Gasteiger partial charge is 0.395 e. The van der Waals surface area contributed by atoms with Crippen molar-refractivity contribution in [3.8, 4) is 0 Å². The maximum atomic E-state index is 12.0. The van der Waals surface area contributed by atoms with E-state index < -0.39 is 12.6 Å². The summed E-state index contributed by atoms with van der Waals surface area (Å²) >= 11 is 1.06. The van der Waals surface area contributed by atoms with Gasteiger partial charge < -0.3 is 5.32 Å². The van der Waals surface area contributed by atoms with Crippen molar-refractivity contribution in [3.63, 3.8) is 0 Å². The molecule has 0 unspecified atom stereocenters. The van der Waals surface area contributed by atoms with Gasteiger partial charge in [-0.05, 0) is 13.0 Å². The molecular formula is C9H13F3N2S. The van der Waals surface area contributed by atoms with Gasteiger partial charge in [0.05, 0.1) is 12.1 Å². The van der Waals surface area contributed by atoms with E-state index in [2.05, 4.69) is 10.3 Å². The van der Waals surface area contributed by atoms with Gasteiger partial charge in [-0.15, -0.1) is 11.3 Å². The van der Waals surface area contributed by atoms with Gasteiger partial charge in [0.1, 0.15) is 5.01 Å². The molecule has 0 aliphatic carbocycles. The highest BCUT2D eigenvalue weighted by molar-refractivity contribution is 7.09. The Labute approximate surface area is 90.5 Å². The minimum absolute atomic E-state index is 0.135. The van der Waals surface area contributed by atoms with Crippen LogP contribution in [0.5, 0.6) is 0 Å². The molecule has 0 bridgehead atoms. The Bertz CT molecular complexity index is 296. The van der Waals surface area contributed by atoms with Gasteiger partial charge >= 0.3 is 6.18 Å². The number of hydrogen-bond acceptors (Lipinski definition) is 3. The second-order valence-electron chi connectivity index (χ2n) is 3.20. The second-order valence-corrected chi connectivity index (χ2v) is 4.14. The predicted molar refractivity (Wildman–Crippen MR) is 53.9 cm³/mol. The summed E-state index contributed by atoms with van der Waals surface area (Å²) in [6.45, 7) is 3.43. The van der Waals surface area contributed by atoms with Crippen molar-refractivity contribution in [1.82, 2.24) is 10.3 Å². The van der Waals surface area contributed by atoms with E-state index in [9.17, 15) is 13.2 Å². The first-order valence-electron chi connectivity index (χ1n) is 4.72. The third-order valence-electron chi connectivity index (χ3n) is 1.68. The van der Waals surface area contributed by atoms with Gasteiger partial charge in [0.15, 0.2) is 0 Å². The smallest absolute Gasteiger partial charge is 0.311 e. The molecule has 1 N–H and O–H groups in total. The van der Waals surface area contributed by atoms with Crippen molar-refractivity contribution < 1.29 is 13.2 Å². The molecule has 1 aromatic heterocycles. The molecule has 0 aliphatic heterocycles. The van der Waals surface area contributed by atoms with E-state index in [1.54, 1.807) is 5.38 Å². The first-order valence-corrected chi connectivity index (χ1v) is 5.60. The average Bonchev–Trinajstić information content (AvgIpc) is 2.50. The Hall–Kier alpha value is -0.620. The van der Waals surface area contributed by atoms with Crippen LogP contribution in [0.3, 0.4) is 0 Å². The zero-order valence-corrected chi connectivity index (χ0v) is 9.21. The molecule has 1 rings (SSSR count). The van der Waals surface area contributed by atoms with Gasteiger partial charge in [0, 0.05) is 11.9 Å². The Balaban J connectivity index is 2.42.